The Labute approximate surface area is 113 Å². The van der Waals surface area contributed by atoms with Gasteiger partial charge in [0.15, 0.2) is 0 Å². The normalized spacial score (nSPS) is 16.9. The number of nitrogens with zero attached hydrogens (tertiary/aromatic N) is 2. The number of sulfonamides is 1. The number of benzene rings is 1. The molecule has 1 saturated heterocycles. The zero-order valence-electron chi connectivity index (χ0n) is 9.37. The van der Waals surface area contributed by atoms with Crippen LogP contribution in [0.5, 0.6) is 0 Å². The van der Waals surface area contributed by atoms with Gasteiger partial charge in [-0.25, -0.2) is 8.42 Å². The molecule has 18 heavy (non-hydrogen) atoms. The number of hydrogen-bond donors (Lipinski definition) is 0. The lowest BCUT2D eigenvalue weighted by molar-refractivity contribution is -0.385. The van der Waals surface area contributed by atoms with Crippen LogP contribution in [0.2, 0.25) is 0 Å². The molecule has 0 aliphatic carbocycles. The number of non-ortho nitro benzene ring substituents is 1. The Morgan fingerprint density at radius 3 is 2.44 bits per heavy atom. The second-order valence-corrected chi connectivity index (χ2v) is 6.74. The van der Waals surface area contributed by atoms with Crippen molar-refractivity contribution in [1.82, 2.24) is 4.31 Å². The van der Waals surface area contributed by atoms with Crippen LogP contribution >= 0.6 is 15.9 Å². The molecule has 0 saturated carbocycles. The van der Waals surface area contributed by atoms with Gasteiger partial charge in [-0.3, -0.25) is 10.1 Å². The fourth-order valence-electron chi connectivity index (χ4n) is 1.87. The van der Waals surface area contributed by atoms with Crippen LogP contribution in [-0.4, -0.2) is 30.7 Å². The van der Waals surface area contributed by atoms with Crippen molar-refractivity contribution in [3.63, 3.8) is 0 Å². The van der Waals surface area contributed by atoms with Crippen LogP contribution in [-0.2, 0) is 10.0 Å². The first-order valence-electron chi connectivity index (χ1n) is 5.37. The van der Waals surface area contributed by atoms with Crippen LogP contribution in [0, 0.1) is 10.1 Å². The summed E-state index contributed by atoms with van der Waals surface area (Å²) in [5.41, 5.74) is -0.226. The second-order valence-electron chi connectivity index (χ2n) is 3.98. The van der Waals surface area contributed by atoms with Crippen molar-refractivity contribution < 1.29 is 13.3 Å². The molecule has 0 radical (unpaired) electrons. The summed E-state index contributed by atoms with van der Waals surface area (Å²) in [5.74, 6) is 0. The van der Waals surface area contributed by atoms with Crippen molar-refractivity contribution in [1.29, 1.82) is 0 Å². The Bertz CT molecular complexity index is 582. The molecule has 1 aliphatic rings. The SMILES string of the molecule is O=[N+]([O-])c1ccc(Br)c(S(=O)(=O)N2CCCC2)c1. The minimum absolute atomic E-state index is 0.0430. The molecule has 1 aromatic carbocycles. The molecule has 1 aliphatic heterocycles. The molecule has 1 fully saturated rings. The number of rotatable bonds is 3. The minimum Gasteiger partial charge on any atom is -0.258 e. The Morgan fingerprint density at radius 2 is 1.89 bits per heavy atom. The molecule has 0 atom stereocenters. The quantitative estimate of drug-likeness (QED) is 0.626. The third-order valence-electron chi connectivity index (χ3n) is 2.81. The summed E-state index contributed by atoms with van der Waals surface area (Å²) in [5, 5.41) is 10.7. The van der Waals surface area contributed by atoms with Gasteiger partial charge < -0.3 is 0 Å². The Kier molecular flexibility index (Phi) is 3.69. The standard InChI is InChI=1S/C10H11BrN2O4S/c11-9-4-3-8(13(14)15)7-10(9)18(16,17)12-5-1-2-6-12/h3-4,7H,1-2,5-6H2. The first kappa shape index (κ1) is 13.4. The van der Waals surface area contributed by atoms with Crippen LogP contribution in [0.3, 0.4) is 0 Å². The predicted molar refractivity (Wildman–Crippen MR) is 68.8 cm³/mol. The fraction of sp³-hybridized carbons (Fsp3) is 0.400. The molecular weight excluding hydrogens is 324 g/mol. The van der Waals surface area contributed by atoms with E-state index in [-0.39, 0.29) is 10.6 Å². The highest BCUT2D eigenvalue weighted by Crippen LogP contribution is 2.30. The molecule has 0 amide bonds. The molecule has 1 heterocycles. The monoisotopic (exact) mass is 334 g/mol. The van der Waals surface area contributed by atoms with E-state index in [1.165, 1.54) is 16.4 Å². The molecule has 0 bridgehead atoms. The summed E-state index contributed by atoms with van der Waals surface area (Å²) in [6, 6.07) is 3.76. The van der Waals surface area contributed by atoms with Crippen LogP contribution in [0.1, 0.15) is 12.8 Å². The van der Waals surface area contributed by atoms with E-state index in [0.29, 0.717) is 17.6 Å². The number of hydrogen-bond acceptors (Lipinski definition) is 4. The van der Waals surface area contributed by atoms with Gasteiger partial charge in [0.05, 0.1) is 4.92 Å². The van der Waals surface area contributed by atoms with Crippen molar-refractivity contribution in [3.05, 3.63) is 32.8 Å². The highest BCUT2D eigenvalue weighted by Gasteiger charge is 2.30. The fourth-order valence-corrected chi connectivity index (χ4v) is 4.33. The lowest BCUT2D eigenvalue weighted by Gasteiger charge is -2.16. The van der Waals surface area contributed by atoms with Crippen molar-refractivity contribution in [2.24, 2.45) is 0 Å². The van der Waals surface area contributed by atoms with E-state index in [0.717, 1.165) is 18.9 Å². The van der Waals surface area contributed by atoms with Crippen LogP contribution in [0.25, 0.3) is 0 Å². The Hall–Kier alpha value is -0.990. The second kappa shape index (κ2) is 4.94. The summed E-state index contributed by atoms with van der Waals surface area (Å²) in [7, 11) is -3.64. The van der Waals surface area contributed by atoms with Crippen molar-refractivity contribution >= 4 is 31.6 Å². The van der Waals surface area contributed by atoms with Gasteiger partial charge in [-0.2, -0.15) is 4.31 Å². The van der Waals surface area contributed by atoms with Gasteiger partial charge in [-0.1, -0.05) is 0 Å². The maximum atomic E-state index is 12.3. The van der Waals surface area contributed by atoms with Gasteiger partial charge in [-0.15, -0.1) is 0 Å². The van der Waals surface area contributed by atoms with E-state index in [1.54, 1.807) is 0 Å². The zero-order chi connectivity index (χ0) is 13.3. The maximum Gasteiger partial charge on any atom is 0.270 e. The largest absolute Gasteiger partial charge is 0.270 e. The van der Waals surface area contributed by atoms with E-state index >= 15 is 0 Å². The van der Waals surface area contributed by atoms with E-state index in [2.05, 4.69) is 15.9 Å². The molecule has 2 rings (SSSR count). The lowest BCUT2D eigenvalue weighted by atomic mass is 10.3. The Balaban J connectivity index is 2.49. The first-order valence-corrected chi connectivity index (χ1v) is 7.60. The molecule has 0 aromatic heterocycles. The molecule has 8 heteroatoms. The van der Waals surface area contributed by atoms with Gasteiger partial charge in [0.25, 0.3) is 5.69 Å². The summed E-state index contributed by atoms with van der Waals surface area (Å²) >= 11 is 3.13. The molecule has 0 N–H and O–H groups in total. The number of halogens is 1. The van der Waals surface area contributed by atoms with Crippen LogP contribution < -0.4 is 0 Å². The molecule has 0 unspecified atom stereocenters. The smallest absolute Gasteiger partial charge is 0.258 e. The van der Waals surface area contributed by atoms with E-state index in [1.807, 2.05) is 0 Å². The average molecular weight is 335 g/mol. The van der Waals surface area contributed by atoms with Crippen molar-refractivity contribution in [3.8, 4) is 0 Å². The molecule has 6 nitrogen and oxygen atoms in total. The first-order chi connectivity index (χ1) is 8.43. The molecule has 0 spiro atoms. The minimum atomic E-state index is -3.64. The van der Waals surface area contributed by atoms with Gasteiger partial charge in [0.2, 0.25) is 10.0 Å². The summed E-state index contributed by atoms with van der Waals surface area (Å²) in [4.78, 5) is 10.0. The lowest BCUT2D eigenvalue weighted by Crippen LogP contribution is -2.28. The third-order valence-corrected chi connectivity index (χ3v) is 5.70. The van der Waals surface area contributed by atoms with Crippen molar-refractivity contribution in [2.45, 2.75) is 17.7 Å². The van der Waals surface area contributed by atoms with E-state index < -0.39 is 14.9 Å². The summed E-state index contributed by atoms with van der Waals surface area (Å²) in [6.45, 7) is 0.939. The van der Waals surface area contributed by atoms with Gasteiger partial charge in [-0.05, 0) is 34.8 Å². The van der Waals surface area contributed by atoms with Crippen LogP contribution in [0.15, 0.2) is 27.6 Å². The molecule has 1 aromatic rings. The summed E-state index contributed by atoms with van der Waals surface area (Å²) < 4.78 is 26.3. The van der Waals surface area contributed by atoms with Gasteiger partial charge in [0, 0.05) is 29.7 Å². The maximum absolute atomic E-state index is 12.3. The van der Waals surface area contributed by atoms with E-state index in [4.69, 9.17) is 0 Å². The van der Waals surface area contributed by atoms with E-state index in [9.17, 15) is 18.5 Å². The highest BCUT2D eigenvalue weighted by atomic mass is 79.9. The molecule has 98 valence electrons. The number of nitro benzene ring substituents is 1. The Morgan fingerprint density at radius 1 is 1.28 bits per heavy atom. The topological polar surface area (TPSA) is 80.5 Å². The number of nitro groups is 1. The van der Waals surface area contributed by atoms with Gasteiger partial charge in [0.1, 0.15) is 4.90 Å². The van der Waals surface area contributed by atoms with Crippen LogP contribution in [0.4, 0.5) is 5.69 Å². The van der Waals surface area contributed by atoms with Gasteiger partial charge >= 0.3 is 0 Å². The third kappa shape index (κ3) is 2.40. The zero-order valence-corrected chi connectivity index (χ0v) is 11.8. The predicted octanol–water partition coefficient (Wildman–Crippen LogP) is 2.14. The average Bonchev–Trinajstić information content (AvgIpc) is 2.82. The van der Waals surface area contributed by atoms with Crippen molar-refractivity contribution in [2.75, 3.05) is 13.1 Å². The highest BCUT2D eigenvalue weighted by molar-refractivity contribution is 9.10. The summed E-state index contributed by atoms with van der Waals surface area (Å²) in [6.07, 6.45) is 1.65. The molecular formula is C10H11BrN2O4S.